The lowest BCUT2D eigenvalue weighted by Gasteiger charge is -2.64. The molecule has 0 bridgehead atoms. The molecular weight excluding hydrogens is 608 g/mol. The Balaban J connectivity index is 1.21. The zero-order valence-electron chi connectivity index (χ0n) is 29.5. The first-order valence-corrected chi connectivity index (χ1v) is 18.1. The van der Waals surface area contributed by atoms with E-state index < -0.39 is 65.6 Å². The maximum Gasteiger partial charge on any atom is 0.186 e. The molecule has 6 aliphatic rings. The van der Waals surface area contributed by atoms with Gasteiger partial charge in [-0.1, -0.05) is 20.8 Å². The molecule has 6 rings (SSSR count). The van der Waals surface area contributed by atoms with Crippen molar-refractivity contribution in [3.8, 4) is 0 Å². The van der Waals surface area contributed by atoms with Crippen LogP contribution in [-0.4, -0.2) is 121 Å². The Morgan fingerprint density at radius 2 is 1.45 bits per heavy atom. The molecule has 11 heteroatoms. The van der Waals surface area contributed by atoms with Crippen molar-refractivity contribution < 1.29 is 54.7 Å². The second-order valence-corrected chi connectivity index (χ2v) is 18.1. The topological polar surface area (TPSA) is 179 Å². The number of aliphatic hydroxyl groups is 7. The average Bonchev–Trinajstić information content (AvgIpc) is 3.69. The molecule has 7 N–H and O–H groups in total. The summed E-state index contributed by atoms with van der Waals surface area (Å²) in [6.45, 7) is 13.9. The smallest absolute Gasteiger partial charge is 0.186 e. The third kappa shape index (κ3) is 5.57. The van der Waals surface area contributed by atoms with Gasteiger partial charge in [-0.2, -0.15) is 0 Å². The molecule has 0 spiro atoms. The van der Waals surface area contributed by atoms with Crippen molar-refractivity contribution in [3.63, 3.8) is 0 Å². The first-order chi connectivity index (χ1) is 21.8. The van der Waals surface area contributed by atoms with Crippen LogP contribution in [0.2, 0.25) is 0 Å². The number of rotatable bonds is 7. The van der Waals surface area contributed by atoms with Gasteiger partial charge in [-0.15, -0.1) is 0 Å². The van der Waals surface area contributed by atoms with Gasteiger partial charge in [-0.25, -0.2) is 0 Å². The summed E-state index contributed by atoms with van der Waals surface area (Å²) < 4.78 is 25.6. The summed E-state index contributed by atoms with van der Waals surface area (Å²) in [6.07, 6.45) is -1.25. The molecule has 16 atom stereocenters. The predicted molar refractivity (Wildman–Crippen MR) is 171 cm³/mol. The highest BCUT2D eigenvalue weighted by Gasteiger charge is 2.71. The van der Waals surface area contributed by atoms with Gasteiger partial charge in [0.25, 0.3) is 0 Å². The Hall–Kier alpha value is -0.440. The lowest BCUT2D eigenvalue weighted by molar-refractivity contribution is -0.329. The molecule has 0 amide bonds. The predicted octanol–water partition coefficient (Wildman–Crippen LogP) is 2.03. The molecule has 3 aliphatic carbocycles. The second kappa shape index (κ2) is 12.1. The van der Waals surface area contributed by atoms with Crippen molar-refractivity contribution in [2.24, 2.45) is 34.0 Å². The Kier molecular flexibility index (Phi) is 9.34. The van der Waals surface area contributed by atoms with Gasteiger partial charge in [-0.3, -0.25) is 0 Å². The summed E-state index contributed by atoms with van der Waals surface area (Å²) in [4.78, 5) is 0. The minimum Gasteiger partial charge on any atom is -0.396 e. The van der Waals surface area contributed by atoms with Gasteiger partial charge >= 0.3 is 0 Å². The normalized spacial score (nSPS) is 54.8. The molecule has 11 nitrogen and oxygen atoms in total. The van der Waals surface area contributed by atoms with Crippen LogP contribution in [0.15, 0.2) is 0 Å². The van der Waals surface area contributed by atoms with Crippen LogP contribution in [0.5, 0.6) is 0 Å². The molecule has 0 unspecified atom stereocenters. The summed E-state index contributed by atoms with van der Waals surface area (Å²) in [6, 6.07) is 0. The van der Waals surface area contributed by atoms with E-state index >= 15 is 0 Å². The van der Waals surface area contributed by atoms with Crippen LogP contribution in [0.3, 0.4) is 0 Å². The highest BCUT2D eigenvalue weighted by molar-refractivity contribution is 5.19. The molecule has 0 aromatic rings. The van der Waals surface area contributed by atoms with Gasteiger partial charge in [0.15, 0.2) is 6.29 Å². The zero-order chi connectivity index (χ0) is 34.5. The van der Waals surface area contributed by atoms with Crippen LogP contribution in [0.1, 0.15) is 106 Å². The van der Waals surface area contributed by atoms with Crippen molar-refractivity contribution in [3.05, 3.63) is 0 Å². The quantitative estimate of drug-likeness (QED) is 0.197. The Morgan fingerprint density at radius 1 is 0.766 bits per heavy atom. The molecular formula is C36H62O11. The summed E-state index contributed by atoms with van der Waals surface area (Å²) in [5, 5.41) is 74.9. The SMILES string of the molecule is CC(C)(O)[C@@H]1CC[C@](C)([C@H]2CC[C@](C)([C@@H]3[C@@H](O)C[C@H]4[C@@]5(C)CC[C@H](O[C@@H]6O[C@H](CO)[C@@H](O)[C@H](O)[C@H]6O)C(C)(C)[C@@H]5CC[C@@]34CO)O2)O1. The standard InChI is InChI=1S/C36H62O11/c1-31(2)21-8-15-36(18-38)22(33(21,5)12-9-23(31)45-30-28(42)27(41)26(40)20(17-37)44-30)16-19(39)29(36)35(7)14-11-25(47-35)34(6)13-10-24(46-34)32(3,4)43/h19-30,37-43H,8-18H2,1-7H3/t19-,20+,21-,22-,23-,24-,25+,26+,27-,28+,29-,30-,33-,34+,35+,36-/m0/s1. The van der Waals surface area contributed by atoms with Gasteiger partial charge in [0, 0.05) is 17.9 Å². The molecule has 0 radical (unpaired) electrons. The lowest BCUT2D eigenvalue weighted by atomic mass is 9.42. The highest BCUT2D eigenvalue weighted by Crippen LogP contribution is 2.72. The van der Waals surface area contributed by atoms with Crippen LogP contribution in [-0.2, 0) is 18.9 Å². The van der Waals surface area contributed by atoms with E-state index in [0.717, 1.165) is 44.9 Å². The molecule has 272 valence electrons. The minimum absolute atomic E-state index is 0.0227. The van der Waals surface area contributed by atoms with Gasteiger partial charge in [-0.05, 0) is 108 Å². The monoisotopic (exact) mass is 670 g/mol. The van der Waals surface area contributed by atoms with E-state index in [1.54, 1.807) is 13.8 Å². The van der Waals surface area contributed by atoms with Crippen LogP contribution in [0, 0.1) is 34.0 Å². The third-order valence-electron chi connectivity index (χ3n) is 14.5. The van der Waals surface area contributed by atoms with Crippen LogP contribution >= 0.6 is 0 Å². The first kappa shape index (κ1) is 36.4. The Bertz CT molecular complexity index is 1140. The number of ether oxygens (including phenoxy) is 4. The molecule has 47 heavy (non-hydrogen) atoms. The first-order valence-electron chi connectivity index (χ1n) is 18.1. The van der Waals surface area contributed by atoms with Crippen molar-refractivity contribution in [1.82, 2.24) is 0 Å². The molecule has 3 saturated carbocycles. The number of aliphatic hydroxyl groups excluding tert-OH is 6. The van der Waals surface area contributed by atoms with E-state index in [0.29, 0.717) is 12.8 Å². The highest BCUT2D eigenvalue weighted by atomic mass is 16.7. The maximum absolute atomic E-state index is 11.9. The van der Waals surface area contributed by atoms with E-state index in [2.05, 4.69) is 34.6 Å². The molecule has 0 aromatic carbocycles. The van der Waals surface area contributed by atoms with Crippen molar-refractivity contribution in [2.45, 2.75) is 178 Å². The maximum atomic E-state index is 11.9. The number of fused-ring (bicyclic) bond motifs is 3. The molecule has 6 fully saturated rings. The fourth-order valence-electron chi connectivity index (χ4n) is 12.1. The molecule has 3 heterocycles. The van der Waals surface area contributed by atoms with Gasteiger partial charge in [0.05, 0.1) is 47.8 Å². The Labute approximate surface area is 279 Å². The van der Waals surface area contributed by atoms with E-state index in [9.17, 15) is 35.7 Å². The summed E-state index contributed by atoms with van der Waals surface area (Å²) >= 11 is 0. The molecule has 3 aliphatic heterocycles. The van der Waals surface area contributed by atoms with Crippen molar-refractivity contribution in [1.29, 1.82) is 0 Å². The van der Waals surface area contributed by atoms with Crippen LogP contribution in [0.25, 0.3) is 0 Å². The second-order valence-electron chi connectivity index (χ2n) is 18.1. The largest absolute Gasteiger partial charge is 0.396 e. The Morgan fingerprint density at radius 3 is 2.06 bits per heavy atom. The van der Waals surface area contributed by atoms with Crippen LogP contribution in [0.4, 0.5) is 0 Å². The summed E-state index contributed by atoms with van der Waals surface area (Å²) in [5.74, 6) is 0.00142. The lowest BCUT2D eigenvalue weighted by Crippen LogP contribution is -2.63. The fraction of sp³-hybridized carbons (Fsp3) is 1.00. The minimum atomic E-state index is -1.50. The van der Waals surface area contributed by atoms with E-state index in [1.807, 2.05) is 0 Å². The van der Waals surface area contributed by atoms with Gasteiger partial charge in [0.1, 0.15) is 24.4 Å². The number of hydrogen-bond acceptors (Lipinski definition) is 11. The summed E-state index contributed by atoms with van der Waals surface area (Å²) in [7, 11) is 0. The van der Waals surface area contributed by atoms with E-state index in [1.165, 1.54) is 0 Å². The third-order valence-corrected chi connectivity index (χ3v) is 14.5. The summed E-state index contributed by atoms with van der Waals surface area (Å²) in [5.41, 5.74) is -3.18. The van der Waals surface area contributed by atoms with Crippen molar-refractivity contribution >= 4 is 0 Å². The number of hydrogen-bond donors (Lipinski definition) is 7. The zero-order valence-corrected chi connectivity index (χ0v) is 29.5. The average molecular weight is 671 g/mol. The van der Waals surface area contributed by atoms with Gasteiger partial charge in [0.2, 0.25) is 0 Å². The fourth-order valence-corrected chi connectivity index (χ4v) is 12.1. The van der Waals surface area contributed by atoms with Gasteiger partial charge < -0.3 is 54.7 Å². The van der Waals surface area contributed by atoms with Crippen LogP contribution < -0.4 is 0 Å². The van der Waals surface area contributed by atoms with E-state index in [-0.39, 0.29) is 53.5 Å². The van der Waals surface area contributed by atoms with E-state index in [4.69, 9.17) is 18.9 Å². The van der Waals surface area contributed by atoms with Crippen molar-refractivity contribution in [2.75, 3.05) is 13.2 Å². The molecule has 3 saturated heterocycles. The molecule has 0 aromatic heterocycles.